The van der Waals surface area contributed by atoms with Crippen LogP contribution in [0.3, 0.4) is 0 Å². The molecule has 0 saturated carbocycles. The number of rotatable bonds is 8. The average molecular weight is 453 g/mol. The summed E-state index contributed by atoms with van der Waals surface area (Å²) in [7, 11) is 0. The second-order valence-electron chi connectivity index (χ2n) is 7.99. The van der Waals surface area contributed by atoms with Crippen LogP contribution in [0, 0.1) is 0 Å². The van der Waals surface area contributed by atoms with E-state index in [1.165, 1.54) is 20.8 Å². The molecule has 2 aromatic carbocycles. The van der Waals surface area contributed by atoms with Gasteiger partial charge in [-0.3, -0.25) is 14.4 Å². The molecule has 0 radical (unpaired) electrons. The Hall–Kier alpha value is -3.88. The highest BCUT2D eigenvalue weighted by Crippen LogP contribution is 2.44. The molecule has 0 bridgehead atoms. The fraction of sp³-hybridized carbons (Fsp3) is 0.333. The first-order valence-electron chi connectivity index (χ1n) is 10.6. The Bertz CT molecular complexity index is 1020. The highest BCUT2D eigenvalue weighted by Gasteiger charge is 2.29. The van der Waals surface area contributed by atoms with Crippen molar-refractivity contribution in [1.29, 1.82) is 0 Å². The summed E-state index contributed by atoms with van der Waals surface area (Å²) in [6.07, 6.45) is -0.754. The van der Waals surface area contributed by atoms with Crippen LogP contribution in [0.15, 0.2) is 48.5 Å². The van der Waals surface area contributed by atoms with Gasteiger partial charge in [0.1, 0.15) is 24.7 Å². The number of ether oxygens (including phenoxy) is 1. The molecule has 9 nitrogen and oxygen atoms in total. The average Bonchev–Trinajstić information content (AvgIpc) is 3.11. The van der Waals surface area contributed by atoms with Crippen molar-refractivity contribution in [1.82, 2.24) is 16.0 Å². The van der Waals surface area contributed by atoms with Crippen molar-refractivity contribution in [2.45, 2.75) is 44.8 Å². The molecule has 0 spiro atoms. The summed E-state index contributed by atoms with van der Waals surface area (Å²) in [5.41, 5.74) is 4.37. The number of alkyl carbamates (subject to hydrolysis) is 1. The number of fused-ring (bicyclic) bond motifs is 3. The van der Waals surface area contributed by atoms with Gasteiger partial charge < -0.3 is 25.8 Å². The summed E-state index contributed by atoms with van der Waals surface area (Å²) < 4.78 is 5.42. The van der Waals surface area contributed by atoms with Gasteiger partial charge in [0.15, 0.2) is 0 Å². The van der Waals surface area contributed by atoms with Crippen molar-refractivity contribution in [3.05, 3.63) is 59.7 Å². The summed E-state index contributed by atoms with van der Waals surface area (Å²) in [5, 5.41) is 16.0. The van der Waals surface area contributed by atoms with Gasteiger partial charge in [-0.1, -0.05) is 48.5 Å². The van der Waals surface area contributed by atoms with Crippen molar-refractivity contribution < 1.29 is 29.0 Å². The molecule has 0 fully saturated rings. The van der Waals surface area contributed by atoms with E-state index in [1.807, 2.05) is 48.5 Å². The zero-order chi connectivity index (χ0) is 24.1. The third-order valence-electron chi connectivity index (χ3n) is 5.55. The number of carbonyl (C=O) groups excluding carboxylic acids is 3. The number of hydrogen-bond donors (Lipinski definition) is 4. The molecule has 9 heteroatoms. The maximum Gasteiger partial charge on any atom is 0.407 e. The number of aliphatic carboxylic acids is 1. The predicted molar refractivity (Wildman–Crippen MR) is 121 cm³/mol. The monoisotopic (exact) mass is 453 g/mol. The minimum atomic E-state index is -1.19. The Morgan fingerprint density at radius 2 is 1.24 bits per heavy atom. The second kappa shape index (κ2) is 10.2. The lowest BCUT2D eigenvalue weighted by Crippen LogP contribution is -2.53. The van der Waals surface area contributed by atoms with E-state index >= 15 is 0 Å². The van der Waals surface area contributed by atoms with Gasteiger partial charge in [-0.25, -0.2) is 4.79 Å². The van der Waals surface area contributed by atoms with Crippen molar-refractivity contribution in [2.24, 2.45) is 0 Å². The molecule has 33 heavy (non-hydrogen) atoms. The van der Waals surface area contributed by atoms with Crippen molar-refractivity contribution in [3.63, 3.8) is 0 Å². The smallest absolute Gasteiger partial charge is 0.407 e. The van der Waals surface area contributed by atoms with Crippen LogP contribution in [-0.4, -0.2) is 53.7 Å². The number of amides is 3. The molecule has 3 amide bonds. The standard InChI is InChI=1S/C24H27N3O6/c1-13(21(28)26-15(3)23(30)31)25-22(29)14(2)27-24(32)33-12-20-18-10-6-4-8-16(18)17-9-5-7-11-19(17)20/h4-11,13-15,20H,12H2,1-3H3,(H,25,29)(H,26,28)(H,27,32)(H,30,31)/t13-,14-,15-/m0/s1. The lowest BCUT2D eigenvalue weighted by Gasteiger charge is -2.20. The number of carboxylic acid groups (broad SMARTS) is 1. The van der Waals surface area contributed by atoms with Gasteiger partial charge in [-0.05, 0) is 43.0 Å². The molecule has 4 N–H and O–H groups in total. The van der Waals surface area contributed by atoms with Crippen molar-refractivity contribution >= 4 is 23.9 Å². The van der Waals surface area contributed by atoms with E-state index < -0.39 is 42.0 Å². The highest BCUT2D eigenvalue weighted by atomic mass is 16.5. The number of carbonyl (C=O) groups is 4. The minimum absolute atomic E-state index is 0.104. The summed E-state index contributed by atoms with van der Waals surface area (Å²) in [6, 6.07) is 12.9. The van der Waals surface area contributed by atoms with E-state index in [1.54, 1.807) is 0 Å². The number of hydrogen-bond acceptors (Lipinski definition) is 5. The van der Waals surface area contributed by atoms with Gasteiger partial charge in [0.05, 0.1) is 0 Å². The molecule has 0 aliphatic heterocycles. The number of carboxylic acids is 1. The van der Waals surface area contributed by atoms with Crippen molar-refractivity contribution in [2.75, 3.05) is 6.61 Å². The quantitative estimate of drug-likeness (QED) is 0.483. The van der Waals surface area contributed by atoms with Crippen LogP contribution in [0.2, 0.25) is 0 Å². The van der Waals surface area contributed by atoms with Gasteiger partial charge in [0.2, 0.25) is 11.8 Å². The molecule has 0 heterocycles. The Morgan fingerprint density at radius 3 is 1.76 bits per heavy atom. The lowest BCUT2D eigenvalue weighted by molar-refractivity contribution is -0.141. The highest BCUT2D eigenvalue weighted by molar-refractivity contribution is 5.92. The third-order valence-corrected chi connectivity index (χ3v) is 5.55. The minimum Gasteiger partial charge on any atom is -0.480 e. The first-order valence-corrected chi connectivity index (χ1v) is 10.6. The molecule has 1 aliphatic carbocycles. The van der Waals surface area contributed by atoms with Crippen LogP contribution in [0.25, 0.3) is 11.1 Å². The normalized spacial score (nSPS) is 14.8. The molecular weight excluding hydrogens is 426 g/mol. The molecule has 0 saturated heterocycles. The fourth-order valence-electron chi connectivity index (χ4n) is 3.69. The summed E-state index contributed by atoms with van der Waals surface area (Å²) in [6.45, 7) is 4.30. The van der Waals surface area contributed by atoms with Gasteiger partial charge >= 0.3 is 12.1 Å². The van der Waals surface area contributed by atoms with E-state index in [0.717, 1.165) is 22.3 Å². The number of nitrogens with one attached hydrogen (secondary N) is 3. The van der Waals surface area contributed by atoms with Gasteiger partial charge in [-0.2, -0.15) is 0 Å². The van der Waals surface area contributed by atoms with E-state index in [-0.39, 0.29) is 12.5 Å². The van der Waals surface area contributed by atoms with Crippen LogP contribution in [-0.2, 0) is 19.1 Å². The molecule has 0 aromatic heterocycles. The molecular formula is C24H27N3O6. The molecule has 1 aliphatic rings. The maximum absolute atomic E-state index is 12.3. The van der Waals surface area contributed by atoms with Crippen LogP contribution >= 0.6 is 0 Å². The first-order chi connectivity index (χ1) is 15.7. The van der Waals surface area contributed by atoms with E-state index in [0.29, 0.717) is 0 Å². The summed E-state index contributed by atoms with van der Waals surface area (Å²) in [4.78, 5) is 47.5. The Balaban J connectivity index is 1.52. The topological polar surface area (TPSA) is 134 Å². The zero-order valence-corrected chi connectivity index (χ0v) is 18.6. The largest absolute Gasteiger partial charge is 0.480 e. The summed E-state index contributed by atoms with van der Waals surface area (Å²) >= 11 is 0. The molecule has 174 valence electrons. The molecule has 2 aromatic rings. The van der Waals surface area contributed by atoms with Gasteiger partial charge in [-0.15, -0.1) is 0 Å². The van der Waals surface area contributed by atoms with Gasteiger partial charge in [0.25, 0.3) is 0 Å². The van der Waals surface area contributed by atoms with Crippen molar-refractivity contribution in [3.8, 4) is 11.1 Å². The Labute approximate surface area is 191 Å². The molecule has 0 unspecified atom stereocenters. The summed E-state index contributed by atoms with van der Waals surface area (Å²) in [5.74, 6) is -2.54. The zero-order valence-electron chi connectivity index (χ0n) is 18.6. The van der Waals surface area contributed by atoms with Crippen LogP contribution in [0.4, 0.5) is 4.79 Å². The van der Waals surface area contributed by atoms with E-state index in [9.17, 15) is 19.2 Å². The third kappa shape index (κ3) is 5.49. The number of benzene rings is 2. The lowest BCUT2D eigenvalue weighted by atomic mass is 9.98. The fourth-order valence-corrected chi connectivity index (χ4v) is 3.69. The van der Waals surface area contributed by atoms with Gasteiger partial charge in [0, 0.05) is 5.92 Å². The Morgan fingerprint density at radius 1 is 0.788 bits per heavy atom. The maximum atomic E-state index is 12.3. The Kier molecular flexibility index (Phi) is 7.32. The van der Waals surface area contributed by atoms with E-state index in [2.05, 4.69) is 16.0 Å². The second-order valence-corrected chi connectivity index (χ2v) is 7.99. The van der Waals surface area contributed by atoms with Crippen LogP contribution in [0.5, 0.6) is 0 Å². The predicted octanol–water partition coefficient (Wildman–Crippen LogP) is 2.01. The first kappa shape index (κ1) is 23.8. The van der Waals surface area contributed by atoms with Crippen LogP contribution in [0.1, 0.15) is 37.8 Å². The SMILES string of the molecule is C[C@H](NC(=O)[C@H](C)NC(=O)[C@H](C)NC(=O)OCC1c2ccccc2-c2ccccc21)C(=O)O. The molecule has 3 atom stereocenters. The molecule has 3 rings (SSSR count). The van der Waals surface area contributed by atoms with E-state index in [4.69, 9.17) is 9.84 Å². The van der Waals surface area contributed by atoms with Crippen LogP contribution < -0.4 is 16.0 Å².